The molecule has 0 saturated carbocycles. The molecule has 64 heteroatoms. The Bertz CT molecular complexity index is 4480. The van der Waals surface area contributed by atoms with Gasteiger partial charge in [-0.05, 0) is 124 Å². The number of carbonyl (C=O) groups is 5. The van der Waals surface area contributed by atoms with Crippen molar-refractivity contribution in [3.8, 4) is 0 Å². The average molecular weight is 3210 g/mol. The first-order valence-electron chi connectivity index (χ1n) is 36.9. The molecule has 0 aromatic heterocycles. The van der Waals surface area contributed by atoms with Gasteiger partial charge in [0.25, 0.3) is 15.2 Å². The third-order valence-electron chi connectivity index (χ3n) is 14.8. The van der Waals surface area contributed by atoms with Crippen molar-refractivity contribution in [3.63, 3.8) is 0 Å². The molecule has 0 saturated heterocycles. The first-order chi connectivity index (χ1) is 62.8. The molecule has 0 aliphatic rings. The molecular weight excluding hydrogens is 3100 g/mol. The molecule has 6 aromatic rings. The molecule has 0 radical (unpaired) electrons. The van der Waals surface area contributed by atoms with Gasteiger partial charge in [-0.25, -0.2) is 28.7 Å². The smallest absolute Gasteiger partial charge is 1.00 e. The zero-order valence-corrected chi connectivity index (χ0v) is 102. The predicted molar refractivity (Wildman–Crippen MR) is 574 cm³/mol. The van der Waals surface area contributed by atoms with Gasteiger partial charge in [0, 0.05) is 128 Å². The van der Waals surface area contributed by atoms with Gasteiger partial charge >= 0.3 is 192 Å². The van der Waals surface area contributed by atoms with Crippen molar-refractivity contribution in [2.24, 2.45) is 34.4 Å². The maximum atomic E-state index is 12.2. The topological polar surface area (TPSA) is 481 Å². The van der Waals surface area contributed by atoms with Gasteiger partial charge in [0.1, 0.15) is 12.3 Å². The normalized spacial score (nSPS) is 12.5. The minimum atomic E-state index is -4.67. The SMILES string of the molecule is C.C.CO.C[C@@H](N)c1ccccc1.C[C@@H](NC(CCC(F)(F)F)C(N)=O)c1ccccc1.C[C@@H](N[C@H](CCC(F)(F)F)C(N)=O)c1ccccc1.Cl.Cl.ClCCl.II.I[I-]I.NC(=O)[C@@H](CCC(F)(F)F)NS(=O)(=O)c1ccc(Cl)cc1.NC(=O)[C@H](N)CCC(F)(F)F.O=CCCC(F)(F)F.O=S(=O)(Cl)c1ccc(Cl)cc1.O=S(=O)(O)O.[C-]#N.[C-]#[N+]C(CCC(F)(F)F)N[C@H](C)c1ccccc1.[I][V]([I])[I].[Na+]. The number of amides is 4. The van der Waals surface area contributed by atoms with E-state index in [1.165, 1.54) is 42.0 Å². The van der Waals surface area contributed by atoms with Gasteiger partial charge in [0.2, 0.25) is 33.7 Å². The number of halogens is 33. The maximum absolute atomic E-state index is 12.2. The van der Waals surface area contributed by atoms with Crippen molar-refractivity contribution in [2.75, 3.05) is 12.4 Å². The van der Waals surface area contributed by atoms with E-state index in [4.69, 9.17) is 127 Å². The number of carbonyl (C=O) groups excluding carboxylic acids is 5. The second-order valence-electron chi connectivity index (χ2n) is 25.5. The zero-order chi connectivity index (χ0) is 109. The number of aldehydes is 1. The van der Waals surface area contributed by atoms with Crippen molar-refractivity contribution in [2.45, 2.75) is 221 Å². The van der Waals surface area contributed by atoms with Gasteiger partial charge in [-0.2, -0.15) is 92.2 Å². The Morgan fingerprint density at radius 2 is 0.690 bits per heavy atom. The van der Waals surface area contributed by atoms with Crippen LogP contribution in [-0.4, -0.2) is 149 Å². The van der Waals surface area contributed by atoms with Crippen LogP contribution in [0.25, 0.3) is 4.85 Å². The summed E-state index contributed by atoms with van der Waals surface area (Å²) >= 11 is 37.6. The number of hydrogen-bond donors (Lipinski definition) is 13. The minimum absolute atomic E-state index is 0. The van der Waals surface area contributed by atoms with Gasteiger partial charge in [-0.1, -0.05) is 159 Å². The van der Waals surface area contributed by atoms with Crippen LogP contribution in [0, 0.1) is 18.4 Å². The number of aliphatic hydroxyl groups excluding tert-OH is 1. The van der Waals surface area contributed by atoms with Gasteiger partial charge in [-0.15, -0.1) is 48.0 Å². The Balaban J connectivity index is -0.000000108. The molecule has 0 aliphatic carbocycles. The molecule has 820 valence electrons. The van der Waals surface area contributed by atoms with E-state index in [1.54, 1.807) is 13.8 Å². The molecule has 19 N–H and O–H groups in total. The van der Waals surface area contributed by atoms with Crippen LogP contribution in [-0.2, 0) is 58.4 Å². The fourth-order valence-corrected chi connectivity index (χ4v) is 10.9. The first-order valence-corrected chi connectivity index (χ1v) is 76.3. The van der Waals surface area contributed by atoms with Crippen LogP contribution in [0.3, 0.4) is 0 Å². The molecule has 0 heterocycles. The summed E-state index contributed by atoms with van der Waals surface area (Å²) in [6.45, 7) is 19.0. The fraction of sp³-hybridized carbons (Fsp3) is 0.449. The second-order valence-corrected chi connectivity index (χ2v) is 83.9. The summed E-state index contributed by atoms with van der Waals surface area (Å²) in [5, 5.41) is 22.8. The zero-order valence-electron chi connectivity index (χ0n) is 73.5. The van der Waals surface area contributed by atoms with E-state index in [2.05, 4.69) is 161 Å². The van der Waals surface area contributed by atoms with E-state index in [1.807, 2.05) is 140 Å². The number of sulfonamides is 1. The number of benzene rings is 6. The molecular formula is C78H108Cl7F18I8N12NaO14S3V-. The standard InChI is InChI=1S/2C13H17F3N2O.C13H15F3N2.C11H12ClF3N2O3S.C8H11N.C6H4Cl2O2S.C5H9F3N2O.C4H5F3O.CH2Cl2.CN.CH4O.2CH4.2ClH.I3.I2.3HI.Na.H2O4S.V/c2*1-9(10-5-3-2-4-6-10)18-11(12(17)19)7-8-13(14,15)16;1-10(11-6-4-3-5-7-11)18-12(17-2)8-9-13(14,15)16;12-7-1-3-8(4-2-7)21(19,20)17-9(10(16)18)5-6-11(13,14)15;1-7(9)8-5-3-2-4-6-8;7-5-1-3-6(4-2-5)11(8,9)10;6-5(7,8)2-1-3(9)4(10)11;5-4(6,7)2-1-3-8;2-1-3;2*1-2;;;;;1-3-2;1-2;;;;;1-5(2,3)4;/h2*2-6,9,11,18H,7-8H2,1H3,(H2,17,19);3-7,10,12,18H,8-9H2,1H3;1-4,9,17H,5-6H2,(H2,16,18);2-7H,9H2,1H3;1-4H;3H,1-2,9H2,(H2,10,11);3H,1-2H2;1H2;;2H,1H3;2*1H4;2*1H;;;3*1H;;(H2,1,2,3,4);/q;;;;;;;;;-1;;;;;;-1;;;;;+1;;+3/p-3/t9-,11?;9-,11-;10-,12?;9-;7-;;3-;;;;;;;;;;;;;;;;/m11111.1................/s1. The number of aliphatic hydroxyl groups is 1. The van der Waals surface area contributed by atoms with E-state index in [0.29, 0.717) is 18.3 Å². The van der Waals surface area contributed by atoms with Crippen molar-refractivity contribution in [1.29, 1.82) is 5.26 Å². The van der Waals surface area contributed by atoms with Crippen LogP contribution < -0.4 is 97.9 Å². The summed E-state index contributed by atoms with van der Waals surface area (Å²) in [5.41, 5.74) is 34.3. The van der Waals surface area contributed by atoms with Gasteiger partial charge in [0.05, 0.1) is 46.1 Å². The Labute approximate surface area is 966 Å². The van der Waals surface area contributed by atoms with Crippen LogP contribution in [0.4, 0.5) is 79.0 Å². The molecule has 2 unspecified atom stereocenters. The van der Waals surface area contributed by atoms with Crippen molar-refractivity contribution < 1.29 is 190 Å². The van der Waals surface area contributed by atoms with Crippen LogP contribution >= 0.6 is 216 Å². The van der Waals surface area contributed by atoms with Crippen LogP contribution in [0.1, 0.15) is 166 Å². The first kappa shape index (κ1) is 172. The van der Waals surface area contributed by atoms with Crippen molar-refractivity contribution in [1.82, 2.24) is 20.7 Å². The number of nitrogens with one attached hydrogen (secondary N) is 4. The Morgan fingerprint density at radius 3 is 0.894 bits per heavy atom. The number of primary amides is 4. The molecule has 0 fully saturated rings. The van der Waals surface area contributed by atoms with Gasteiger partial charge < -0.3 is 56.1 Å². The Kier molecular flexibility index (Phi) is 118. The number of hydrogen-bond acceptors (Lipinski definition) is 18. The Hall–Kier alpha value is -0.466. The molecule has 142 heavy (non-hydrogen) atoms. The fourth-order valence-electron chi connectivity index (χ4n) is 8.60. The molecule has 6 rings (SSSR count). The summed E-state index contributed by atoms with van der Waals surface area (Å²) < 4.78 is 292. The predicted octanol–water partition coefficient (Wildman–Crippen LogP) is 19.2. The van der Waals surface area contributed by atoms with E-state index in [9.17, 15) is 120 Å². The van der Waals surface area contributed by atoms with Crippen LogP contribution in [0.5, 0.6) is 0 Å². The van der Waals surface area contributed by atoms with Gasteiger partial charge in [-0.3, -0.25) is 43.8 Å². The average Bonchev–Trinajstić information content (AvgIpc) is 0.824. The van der Waals surface area contributed by atoms with Crippen LogP contribution in [0.2, 0.25) is 10.0 Å². The van der Waals surface area contributed by atoms with Crippen LogP contribution in [0.15, 0.2) is 180 Å². The quantitative estimate of drug-likeness (QED) is 0.00291. The summed E-state index contributed by atoms with van der Waals surface area (Å²) in [5.74, 6) is -3.63. The number of alkyl halides is 20. The number of nitrogens with zero attached hydrogens (tertiary/aromatic N) is 2. The number of rotatable bonds is 30. The molecule has 4 amide bonds. The molecule has 6 aromatic carbocycles. The summed E-state index contributed by atoms with van der Waals surface area (Å²) in [4.78, 5) is 55.7. The minimum Gasteiger partial charge on any atom is 1.00 e. The van der Waals surface area contributed by atoms with E-state index in [-0.39, 0.29) is 144 Å². The Morgan fingerprint density at radius 1 is 0.465 bits per heavy atom. The van der Waals surface area contributed by atoms with E-state index >= 15 is 0 Å². The second kappa shape index (κ2) is 97.5. The third-order valence-corrected chi connectivity index (χ3v) is 18.1. The largest absolute Gasteiger partial charge is 1.00 e. The number of nitrogens with two attached hydrogens (primary N) is 6. The van der Waals surface area contributed by atoms with E-state index < -0.39 is 178 Å². The maximum Gasteiger partial charge on any atom is 1.00 e. The monoisotopic (exact) mass is 3210 g/mol. The summed E-state index contributed by atoms with van der Waals surface area (Å²) in [6, 6.07) is 43.0. The van der Waals surface area contributed by atoms with Crippen molar-refractivity contribution >= 4 is 276 Å². The molecule has 0 bridgehead atoms. The summed E-state index contributed by atoms with van der Waals surface area (Å²) in [6.07, 6.45) is -35.3. The van der Waals surface area contributed by atoms with Crippen molar-refractivity contribution in [3.05, 3.63) is 220 Å². The summed E-state index contributed by atoms with van der Waals surface area (Å²) in [7, 11) is -6.40. The molecule has 9 atom stereocenters. The van der Waals surface area contributed by atoms with Gasteiger partial charge in [0.15, 0.2) is 0 Å². The molecule has 26 nitrogen and oxygen atoms in total. The molecule has 0 spiro atoms. The third kappa shape index (κ3) is 120. The van der Waals surface area contributed by atoms with E-state index in [0.717, 1.165) is 35.9 Å². The molecule has 0 aliphatic heterocycles.